The number of aryl methyl sites for hydroxylation is 1. The zero-order valence-electron chi connectivity index (χ0n) is 15.9. The van der Waals surface area contributed by atoms with E-state index >= 15 is 0 Å². The molecule has 4 aromatic carbocycles. The van der Waals surface area contributed by atoms with Gasteiger partial charge in [0.2, 0.25) is 0 Å². The number of benzene rings is 4. The number of anilines is 1. The van der Waals surface area contributed by atoms with E-state index in [2.05, 4.69) is 109 Å². The SMILES string of the molecule is Cc1ccc(C2=NN(c3ccccc3)[C@@H](c3cccc4ccccc34)C2)cc1. The van der Waals surface area contributed by atoms with Gasteiger partial charge in [0.05, 0.1) is 17.4 Å². The second kappa shape index (κ2) is 6.97. The van der Waals surface area contributed by atoms with Crippen molar-refractivity contribution in [1.29, 1.82) is 0 Å². The second-order valence-electron chi connectivity index (χ2n) is 7.38. The lowest BCUT2D eigenvalue weighted by molar-refractivity contribution is 0.714. The van der Waals surface area contributed by atoms with E-state index in [0.29, 0.717) is 0 Å². The Morgan fingerprint density at radius 1 is 0.750 bits per heavy atom. The van der Waals surface area contributed by atoms with Gasteiger partial charge in [-0.2, -0.15) is 5.10 Å². The highest BCUT2D eigenvalue weighted by atomic mass is 15.5. The summed E-state index contributed by atoms with van der Waals surface area (Å²) in [6.07, 6.45) is 0.895. The lowest BCUT2D eigenvalue weighted by Crippen LogP contribution is -2.18. The Labute approximate surface area is 165 Å². The molecular weight excluding hydrogens is 340 g/mol. The minimum absolute atomic E-state index is 0.185. The first kappa shape index (κ1) is 16.8. The van der Waals surface area contributed by atoms with Crippen LogP contribution in [-0.2, 0) is 0 Å². The first-order chi connectivity index (χ1) is 13.8. The quantitative estimate of drug-likeness (QED) is 0.406. The van der Waals surface area contributed by atoms with E-state index in [1.54, 1.807) is 0 Å². The van der Waals surface area contributed by atoms with Crippen LogP contribution in [0.2, 0.25) is 0 Å². The Kier molecular flexibility index (Phi) is 4.17. The van der Waals surface area contributed by atoms with Gasteiger partial charge in [-0.1, -0.05) is 90.5 Å². The summed E-state index contributed by atoms with van der Waals surface area (Å²) in [5.41, 5.74) is 6.07. The van der Waals surface area contributed by atoms with Gasteiger partial charge in [0.15, 0.2) is 0 Å². The van der Waals surface area contributed by atoms with E-state index in [4.69, 9.17) is 5.10 Å². The summed E-state index contributed by atoms with van der Waals surface area (Å²) >= 11 is 0. The summed E-state index contributed by atoms with van der Waals surface area (Å²) in [4.78, 5) is 0. The summed E-state index contributed by atoms with van der Waals surface area (Å²) in [5.74, 6) is 0. The average Bonchev–Trinajstić information content (AvgIpc) is 3.20. The Morgan fingerprint density at radius 3 is 2.29 bits per heavy atom. The number of fused-ring (bicyclic) bond motifs is 1. The zero-order chi connectivity index (χ0) is 18.9. The first-order valence-electron chi connectivity index (χ1n) is 9.76. The van der Waals surface area contributed by atoms with Crippen molar-refractivity contribution in [2.24, 2.45) is 5.10 Å². The summed E-state index contributed by atoms with van der Waals surface area (Å²) in [6.45, 7) is 2.12. The molecule has 4 aromatic rings. The second-order valence-corrected chi connectivity index (χ2v) is 7.38. The van der Waals surface area contributed by atoms with E-state index in [1.807, 2.05) is 0 Å². The molecule has 1 aliphatic rings. The number of nitrogens with zero attached hydrogens (tertiary/aromatic N) is 2. The van der Waals surface area contributed by atoms with E-state index in [1.165, 1.54) is 27.5 Å². The largest absolute Gasteiger partial charge is 0.257 e. The Bertz CT molecular complexity index is 1140. The average molecular weight is 362 g/mol. The molecule has 0 saturated carbocycles. The highest BCUT2D eigenvalue weighted by molar-refractivity contribution is 6.04. The number of hydrogen-bond acceptors (Lipinski definition) is 2. The molecule has 1 heterocycles. The number of para-hydroxylation sites is 1. The molecule has 0 aromatic heterocycles. The highest BCUT2D eigenvalue weighted by Gasteiger charge is 2.30. The molecule has 2 heteroatoms. The smallest absolute Gasteiger partial charge is 0.0837 e. The van der Waals surface area contributed by atoms with Gasteiger partial charge in [-0.15, -0.1) is 0 Å². The van der Waals surface area contributed by atoms with Gasteiger partial charge in [-0.3, -0.25) is 5.01 Å². The van der Waals surface area contributed by atoms with Crippen LogP contribution in [0.5, 0.6) is 0 Å². The molecular formula is C26H22N2. The van der Waals surface area contributed by atoms with Gasteiger partial charge in [-0.05, 0) is 41.0 Å². The van der Waals surface area contributed by atoms with Crippen LogP contribution >= 0.6 is 0 Å². The molecule has 1 aliphatic heterocycles. The number of rotatable bonds is 3. The maximum atomic E-state index is 5.07. The lowest BCUT2D eigenvalue weighted by atomic mass is 9.93. The topological polar surface area (TPSA) is 15.6 Å². The summed E-state index contributed by atoms with van der Waals surface area (Å²) in [7, 11) is 0. The van der Waals surface area contributed by atoms with Gasteiger partial charge >= 0.3 is 0 Å². The molecule has 136 valence electrons. The van der Waals surface area contributed by atoms with E-state index in [0.717, 1.165) is 17.8 Å². The highest BCUT2D eigenvalue weighted by Crippen LogP contribution is 2.39. The van der Waals surface area contributed by atoms with Crippen LogP contribution in [0.3, 0.4) is 0 Å². The van der Waals surface area contributed by atoms with Crippen molar-refractivity contribution < 1.29 is 0 Å². The van der Waals surface area contributed by atoms with Crippen molar-refractivity contribution in [1.82, 2.24) is 0 Å². The van der Waals surface area contributed by atoms with Gasteiger partial charge in [-0.25, -0.2) is 0 Å². The normalized spacial score (nSPS) is 16.4. The standard InChI is InChI=1S/C26H22N2/c1-19-14-16-21(17-15-19)25-18-26(28(27-25)22-10-3-2-4-11-22)24-13-7-9-20-8-5-6-12-23(20)24/h2-17,26H,18H2,1H3/t26-/m1/s1. The molecule has 2 nitrogen and oxygen atoms in total. The molecule has 0 N–H and O–H groups in total. The van der Waals surface area contributed by atoms with Crippen molar-refractivity contribution in [2.75, 3.05) is 5.01 Å². The molecule has 0 radical (unpaired) electrons. The summed E-state index contributed by atoms with van der Waals surface area (Å²) < 4.78 is 0. The van der Waals surface area contributed by atoms with Crippen LogP contribution in [0.4, 0.5) is 5.69 Å². The molecule has 0 aliphatic carbocycles. The third kappa shape index (κ3) is 2.97. The maximum absolute atomic E-state index is 5.07. The predicted molar refractivity (Wildman–Crippen MR) is 118 cm³/mol. The molecule has 0 fully saturated rings. The molecule has 5 rings (SSSR count). The third-order valence-corrected chi connectivity index (χ3v) is 5.50. The minimum Gasteiger partial charge on any atom is -0.257 e. The van der Waals surface area contributed by atoms with Crippen LogP contribution in [0, 0.1) is 6.92 Å². The third-order valence-electron chi connectivity index (χ3n) is 5.50. The van der Waals surface area contributed by atoms with Crippen LogP contribution in [0.1, 0.15) is 29.2 Å². The van der Waals surface area contributed by atoms with Gasteiger partial charge in [0.1, 0.15) is 0 Å². The van der Waals surface area contributed by atoms with Gasteiger partial charge in [0.25, 0.3) is 0 Å². The molecule has 28 heavy (non-hydrogen) atoms. The summed E-state index contributed by atoms with van der Waals surface area (Å²) in [6, 6.07) is 34.6. The van der Waals surface area contributed by atoms with Crippen molar-refractivity contribution in [3.63, 3.8) is 0 Å². The number of hydrogen-bond donors (Lipinski definition) is 0. The lowest BCUT2D eigenvalue weighted by Gasteiger charge is -2.25. The molecule has 1 atom stereocenters. The van der Waals surface area contributed by atoms with Gasteiger partial charge in [0, 0.05) is 6.42 Å². The van der Waals surface area contributed by atoms with Crippen LogP contribution < -0.4 is 5.01 Å². The van der Waals surface area contributed by atoms with E-state index in [-0.39, 0.29) is 6.04 Å². The summed E-state index contributed by atoms with van der Waals surface area (Å²) in [5, 5.41) is 9.84. The Balaban J connectivity index is 1.63. The first-order valence-corrected chi connectivity index (χ1v) is 9.76. The minimum atomic E-state index is 0.185. The Morgan fingerprint density at radius 2 is 1.46 bits per heavy atom. The molecule has 0 bridgehead atoms. The molecule has 0 amide bonds. The monoisotopic (exact) mass is 362 g/mol. The maximum Gasteiger partial charge on any atom is 0.0837 e. The van der Waals surface area contributed by atoms with Gasteiger partial charge < -0.3 is 0 Å². The van der Waals surface area contributed by atoms with Crippen molar-refractivity contribution in [3.8, 4) is 0 Å². The van der Waals surface area contributed by atoms with Crippen molar-refractivity contribution >= 4 is 22.2 Å². The predicted octanol–water partition coefficient (Wildman–Crippen LogP) is 6.50. The fourth-order valence-corrected chi connectivity index (χ4v) is 4.03. The fourth-order valence-electron chi connectivity index (χ4n) is 4.03. The molecule has 0 spiro atoms. The molecule has 0 saturated heterocycles. The van der Waals surface area contributed by atoms with Crippen molar-refractivity contribution in [3.05, 3.63) is 114 Å². The van der Waals surface area contributed by atoms with E-state index in [9.17, 15) is 0 Å². The van der Waals surface area contributed by atoms with Crippen LogP contribution in [0.25, 0.3) is 10.8 Å². The molecule has 0 unspecified atom stereocenters. The van der Waals surface area contributed by atoms with Crippen molar-refractivity contribution in [2.45, 2.75) is 19.4 Å². The Hall–Kier alpha value is -3.39. The zero-order valence-corrected chi connectivity index (χ0v) is 15.9. The van der Waals surface area contributed by atoms with E-state index < -0.39 is 0 Å². The van der Waals surface area contributed by atoms with Crippen LogP contribution in [-0.4, -0.2) is 5.71 Å². The number of hydrazone groups is 1. The van der Waals surface area contributed by atoms with Crippen LogP contribution in [0.15, 0.2) is 102 Å². The fraction of sp³-hybridized carbons (Fsp3) is 0.115.